The monoisotopic (exact) mass is 347 g/mol. The maximum atomic E-state index is 12.5. The van der Waals surface area contributed by atoms with E-state index < -0.39 is 6.10 Å². The highest BCUT2D eigenvalue weighted by Gasteiger charge is 2.25. The van der Waals surface area contributed by atoms with Gasteiger partial charge in [-0.25, -0.2) is 4.98 Å². The number of H-pyrrole nitrogens is 1. The zero-order valence-electron chi connectivity index (χ0n) is 15.5. The molecule has 0 radical (unpaired) electrons. The summed E-state index contributed by atoms with van der Waals surface area (Å²) < 4.78 is 10.8. The van der Waals surface area contributed by atoms with Crippen molar-refractivity contribution in [2.45, 2.75) is 46.3 Å². The van der Waals surface area contributed by atoms with Crippen LogP contribution < -0.4 is 5.32 Å². The Morgan fingerprint density at radius 3 is 2.68 bits per heavy atom. The van der Waals surface area contributed by atoms with E-state index in [1.54, 1.807) is 6.92 Å². The largest absolute Gasteiger partial charge is 0.379 e. The zero-order chi connectivity index (χ0) is 18.2. The van der Waals surface area contributed by atoms with Gasteiger partial charge in [-0.2, -0.15) is 0 Å². The minimum atomic E-state index is -0.531. The third-order valence-corrected chi connectivity index (χ3v) is 4.38. The molecule has 25 heavy (non-hydrogen) atoms. The quantitative estimate of drug-likeness (QED) is 0.647. The lowest BCUT2D eigenvalue weighted by atomic mass is 9.98. The SMILES string of the molecule is CCOCCO[C@H](C)C(=O)N[C@H](c1nc2ccccc2[nH]1)[C@H](C)CC. The molecular formula is C19H29N3O3. The van der Waals surface area contributed by atoms with E-state index >= 15 is 0 Å². The highest BCUT2D eigenvalue weighted by atomic mass is 16.5. The first-order chi connectivity index (χ1) is 12.1. The van der Waals surface area contributed by atoms with Crippen molar-refractivity contribution in [3.8, 4) is 0 Å². The van der Waals surface area contributed by atoms with E-state index in [2.05, 4.69) is 29.1 Å². The summed E-state index contributed by atoms with van der Waals surface area (Å²) in [6.07, 6.45) is 0.401. The first-order valence-electron chi connectivity index (χ1n) is 9.01. The summed E-state index contributed by atoms with van der Waals surface area (Å²) in [7, 11) is 0. The smallest absolute Gasteiger partial charge is 0.249 e. The van der Waals surface area contributed by atoms with Crippen molar-refractivity contribution >= 4 is 16.9 Å². The lowest BCUT2D eigenvalue weighted by Gasteiger charge is -2.24. The van der Waals surface area contributed by atoms with E-state index in [1.807, 2.05) is 31.2 Å². The van der Waals surface area contributed by atoms with Gasteiger partial charge in [-0.1, -0.05) is 32.4 Å². The summed E-state index contributed by atoms with van der Waals surface area (Å²) in [5.41, 5.74) is 1.88. The van der Waals surface area contributed by atoms with E-state index in [0.717, 1.165) is 23.3 Å². The number of imidazole rings is 1. The standard InChI is InChI=1S/C19H29N3O3/c1-5-13(3)17(18-20-15-9-7-8-10-16(15)21-18)22-19(23)14(4)25-12-11-24-6-2/h7-10,13-14,17H,5-6,11-12H2,1-4H3,(H,20,21)(H,22,23)/t13-,14-,17+/m1/s1. The van der Waals surface area contributed by atoms with Crippen LogP contribution in [0.1, 0.15) is 46.0 Å². The Hall–Kier alpha value is -1.92. The molecule has 2 rings (SSSR count). The molecule has 0 saturated heterocycles. The van der Waals surface area contributed by atoms with Crippen molar-refractivity contribution < 1.29 is 14.3 Å². The van der Waals surface area contributed by atoms with Gasteiger partial charge in [0, 0.05) is 6.61 Å². The number of carbonyl (C=O) groups is 1. The van der Waals surface area contributed by atoms with Gasteiger partial charge in [-0.15, -0.1) is 0 Å². The number of fused-ring (bicyclic) bond motifs is 1. The number of benzene rings is 1. The summed E-state index contributed by atoms with van der Waals surface area (Å²) in [5, 5.41) is 3.09. The van der Waals surface area contributed by atoms with Crippen molar-refractivity contribution in [2.24, 2.45) is 5.92 Å². The Kier molecular flexibility index (Phi) is 7.40. The minimum Gasteiger partial charge on any atom is -0.379 e. The number of rotatable bonds is 10. The molecule has 6 nitrogen and oxygen atoms in total. The van der Waals surface area contributed by atoms with Crippen LogP contribution in [0.5, 0.6) is 0 Å². The van der Waals surface area contributed by atoms with E-state index in [9.17, 15) is 4.79 Å². The lowest BCUT2D eigenvalue weighted by Crippen LogP contribution is -2.40. The highest BCUT2D eigenvalue weighted by molar-refractivity contribution is 5.81. The second-order valence-electron chi connectivity index (χ2n) is 6.22. The van der Waals surface area contributed by atoms with Crippen molar-refractivity contribution in [2.75, 3.05) is 19.8 Å². The normalized spacial score (nSPS) is 15.0. The van der Waals surface area contributed by atoms with Gasteiger partial charge in [-0.3, -0.25) is 4.79 Å². The lowest BCUT2D eigenvalue weighted by molar-refractivity contribution is -0.133. The molecule has 0 bridgehead atoms. The summed E-state index contributed by atoms with van der Waals surface area (Å²) in [6.45, 7) is 9.45. The number of aromatic amines is 1. The fraction of sp³-hybridized carbons (Fsp3) is 0.579. The number of para-hydroxylation sites is 2. The van der Waals surface area contributed by atoms with Gasteiger partial charge in [0.15, 0.2) is 0 Å². The molecule has 3 atom stereocenters. The van der Waals surface area contributed by atoms with Crippen LogP contribution in [0, 0.1) is 5.92 Å². The number of carbonyl (C=O) groups excluding carboxylic acids is 1. The van der Waals surface area contributed by atoms with Gasteiger partial charge in [0.1, 0.15) is 11.9 Å². The number of hydrogen-bond acceptors (Lipinski definition) is 4. The van der Waals surface area contributed by atoms with Crippen LogP contribution in [0.15, 0.2) is 24.3 Å². The van der Waals surface area contributed by atoms with Crippen LogP contribution in [0.25, 0.3) is 11.0 Å². The van der Waals surface area contributed by atoms with Gasteiger partial charge < -0.3 is 19.8 Å². The Labute approximate surface area is 149 Å². The molecule has 0 spiro atoms. The molecule has 2 aromatic rings. The molecule has 0 aliphatic carbocycles. The fourth-order valence-electron chi connectivity index (χ4n) is 2.61. The average Bonchev–Trinajstić information content (AvgIpc) is 3.05. The van der Waals surface area contributed by atoms with Gasteiger partial charge in [-0.05, 0) is 31.9 Å². The molecule has 2 N–H and O–H groups in total. The molecule has 1 amide bonds. The highest BCUT2D eigenvalue weighted by Crippen LogP contribution is 2.24. The van der Waals surface area contributed by atoms with E-state index in [-0.39, 0.29) is 17.9 Å². The van der Waals surface area contributed by atoms with E-state index in [1.165, 1.54) is 0 Å². The maximum Gasteiger partial charge on any atom is 0.249 e. The van der Waals surface area contributed by atoms with Crippen LogP contribution in [0.4, 0.5) is 0 Å². The van der Waals surface area contributed by atoms with Crippen molar-refractivity contribution in [1.29, 1.82) is 0 Å². The van der Waals surface area contributed by atoms with Gasteiger partial charge >= 0.3 is 0 Å². The summed E-state index contributed by atoms with van der Waals surface area (Å²) in [6, 6.07) is 7.70. The molecular weight excluding hydrogens is 318 g/mol. The molecule has 1 aromatic heterocycles. The molecule has 0 fully saturated rings. The fourth-order valence-corrected chi connectivity index (χ4v) is 2.61. The maximum absolute atomic E-state index is 12.5. The number of ether oxygens (including phenoxy) is 2. The Morgan fingerprint density at radius 1 is 1.24 bits per heavy atom. The average molecular weight is 347 g/mol. The first kappa shape index (κ1) is 19.4. The summed E-state index contributed by atoms with van der Waals surface area (Å²) >= 11 is 0. The molecule has 6 heteroatoms. The first-order valence-corrected chi connectivity index (χ1v) is 9.01. The third kappa shape index (κ3) is 5.28. The van der Waals surface area contributed by atoms with E-state index in [0.29, 0.717) is 19.8 Å². The second kappa shape index (κ2) is 9.53. The summed E-state index contributed by atoms with van der Waals surface area (Å²) in [5.74, 6) is 0.896. The molecule has 138 valence electrons. The van der Waals surface area contributed by atoms with Crippen LogP contribution in [-0.2, 0) is 14.3 Å². The number of amides is 1. The van der Waals surface area contributed by atoms with Crippen molar-refractivity contribution in [3.05, 3.63) is 30.1 Å². The summed E-state index contributed by atoms with van der Waals surface area (Å²) in [4.78, 5) is 20.5. The van der Waals surface area contributed by atoms with E-state index in [4.69, 9.17) is 9.47 Å². The van der Waals surface area contributed by atoms with Crippen LogP contribution in [-0.4, -0.2) is 41.8 Å². The van der Waals surface area contributed by atoms with Gasteiger partial charge in [0.05, 0.1) is 30.3 Å². The topological polar surface area (TPSA) is 76.2 Å². The van der Waals surface area contributed by atoms with Crippen molar-refractivity contribution in [3.63, 3.8) is 0 Å². The van der Waals surface area contributed by atoms with Gasteiger partial charge in [0.25, 0.3) is 0 Å². The number of aromatic nitrogens is 2. The van der Waals surface area contributed by atoms with Crippen LogP contribution in [0.2, 0.25) is 0 Å². The van der Waals surface area contributed by atoms with Crippen LogP contribution in [0.3, 0.4) is 0 Å². The Bertz CT molecular complexity index is 638. The molecule has 1 aromatic carbocycles. The molecule has 0 aliphatic rings. The van der Waals surface area contributed by atoms with Crippen LogP contribution >= 0.6 is 0 Å². The molecule has 0 unspecified atom stereocenters. The Balaban J connectivity index is 2.05. The van der Waals surface area contributed by atoms with Gasteiger partial charge in [0.2, 0.25) is 5.91 Å². The number of hydrogen-bond donors (Lipinski definition) is 2. The molecule has 0 saturated carbocycles. The molecule has 0 aliphatic heterocycles. The zero-order valence-corrected chi connectivity index (χ0v) is 15.5. The van der Waals surface area contributed by atoms with Crippen molar-refractivity contribution in [1.82, 2.24) is 15.3 Å². The molecule has 1 heterocycles. The minimum absolute atomic E-state index is 0.137. The predicted octanol–water partition coefficient (Wildman–Crippen LogP) is 3.21. The third-order valence-electron chi connectivity index (χ3n) is 4.38. The second-order valence-corrected chi connectivity index (χ2v) is 6.22. The number of nitrogens with zero attached hydrogens (tertiary/aromatic N) is 1. The number of nitrogens with one attached hydrogen (secondary N) is 2. The Morgan fingerprint density at radius 2 is 2.00 bits per heavy atom. The predicted molar refractivity (Wildman–Crippen MR) is 98.3 cm³/mol.